The Kier molecular flexibility index (Phi) is 4.24. The minimum atomic E-state index is -0.305. The molecule has 2 aromatic heterocycles. The third-order valence-electron chi connectivity index (χ3n) is 4.03. The maximum atomic E-state index is 12.9. The fourth-order valence-electron chi connectivity index (χ4n) is 2.76. The van der Waals surface area contributed by atoms with Gasteiger partial charge in [0.05, 0.1) is 5.92 Å². The molecule has 0 aliphatic carbocycles. The van der Waals surface area contributed by atoms with Crippen LogP contribution >= 0.6 is 0 Å². The lowest BCUT2D eigenvalue weighted by Gasteiger charge is -2.14. The van der Waals surface area contributed by atoms with Crippen molar-refractivity contribution in [2.24, 2.45) is 0 Å². The Labute approximate surface area is 143 Å². The zero-order chi connectivity index (χ0) is 17.1. The average Bonchev–Trinajstić information content (AvgIpc) is 3.31. The molecule has 8 heteroatoms. The highest BCUT2D eigenvalue weighted by molar-refractivity contribution is 5.31. The third-order valence-corrected chi connectivity index (χ3v) is 4.03. The van der Waals surface area contributed by atoms with Crippen molar-refractivity contribution in [2.45, 2.75) is 18.9 Å². The van der Waals surface area contributed by atoms with Gasteiger partial charge in [0.2, 0.25) is 11.8 Å². The molecule has 0 radical (unpaired) electrons. The van der Waals surface area contributed by atoms with E-state index in [0.29, 0.717) is 23.5 Å². The number of aromatic nitrogens is 4. The first-order valence-corrected chi connectivity index (χ1v) is 8.00. The van der Waals surface area contributed by atoms with E-state index in [0.717, 1.165) is 19.5 Å². The zero-order valence-corrected chi connectivity index (χ0v) is 13.4. The molecular weight excluding hydrogens is 325 g/mol. The molecule has 1 aromatic carbocycles. The average molecular weight is 341 g/mol. The number of hydrogen-bond acceptors (Lipinski definition) is 7. The van der Waals surface area contributed by atoms with Gasteiger partial charge in [0, 0.05) is 25.5 Å². The van der Waals surface area contributed by atoms with Crippen LogP contribution in [0.3, 0.4) is 0 Å². The normalized spacial score (nSPS) is 17.0. The molecule has 0 bridgehead atoms. The molecule has 1 unspecified atom stereocenters. The van der Waals surface area contributed by atoms with Gasteiger partial charge in [-0.15, -0.1) is 10.2 Å². The van der Waals surface area contributed by atoms with Gasteiger partial charge < -0.3 is 14.1 Å². The lowest BCUT2D eigenvalue weighted by Crippen LogP contribution is -2.21. The molecule has 1 atom stereocenters. The van der Waals surface area contributed by atoms with E-state index in [2.05, 4.69) is 25.1 Å². The van der Waals surface area contributed by atoms with Gasteiger partial charge in [0.25, 0.3) is 5.89 Å². The summed E-state index contributed by atoms with van der Waals surface area (Å²) in [4.78, 5) is 10.6. The number of nitrogens with zero attached hydrogens (tertiary/aromatic N) is 5. The number of rotatable bonds is 5. The van der Waals surface area contributed by atoms with Crippen LogP contribution in [-0.2, 0) is 6.61 Å². The van der Waals surface area contributed by atoms with Gasteiger partial charge in [-0.1, -0.05) is 0 Å². The molecule has 3 aromatic rings. The number of anilines is 1. The van der Waals surface area contributed by atoms with E-state index < -0.39 is 0 Å². The fraction of sp³-hybridized carbons (Fsp3) is 0.294. The third kappa shape index (κ3) is 3.57. The molecular formula is C17H16FN5O2. The van der Waals surface area contributed by atoms with E-state index in [-0.39, 0.29) is 18.3 Å². The number of halogens is 1. The summed E-state index contributed by atoms with van der Waals surface area (Å²) in [5.74, 6) is 2.10. The number of ether oxygens (including phenoxy) is 1. The van der Waals surface area contributed by atoms with Crippen LogP contribution in [0.4, 0.5) is 10.3 Å². The monoisotopic (exact) mass is 341 g/mol. The standard InChI is InChI=1S/C17H16FN5O2/c18-13-2-4-14(5-3-13)24-11-15-21-22-16(25-15)12-6-9-23(10-12)17-19-7-1-8-20-17/h1-5,7-8,12H,6,9-11H2. The molecule has 0 N–H and O–H groups in total. The van der Waals surface area contributed by atoms with Crippen molar-refractivity contribution in [2.75, 3.05) is 18.0 Å². The van der Waals surface area contributed by atoms with Gasteiger partial charge in [-0.3, -0.25) is 0 Å². The predicted molar refractivity (Wildman–Crippen MR) is 86.6 cm³/mol. The van der Waals surface area contributed by atoms with E-state index in [1.807, 2.05) is 0 Å². The van der Waals surface area contributed by atoms with Crippen molar-refractivity contribution in [3.05, 3.63) is 60.3 Å². The van der Waals surface area contributed by atoms with Crippen LogP contribution in [0.2, 0.25) is 0 Å². The van der Waals surface area contributed by atoms with Gasteiger partial charge in [-0.2, -0.15) is 0 Å². The second-order valence-corrected chi connectivity index (χ2v) is 5.76. The summed E-state index contributed by atoms with van der Waals surface area (Å²) < 4.78 is 24.1. The first-order valence-electron chi connectivity index (χ1n) is 8.00. The minimum absolute atomic E-state index is 0.149. The molecule has 3 heterocycles. The molecule has 0 spiro atoms. The Hall–Kier alpha value is -3.03. The molecule has 0 amide bonds. The lowest BCUT2D eigenvalue weighted by atomic mass is 10.1. The molecule has 1 saturated heterocycles. The van der Waals surface area contributed by atoms with E-state index in [1.54, 1.807) is 30.6 Å². The van der Waals surface area contributed by atoms with Crippen LogP contribution in [0.5, 0.6) is 5.75 Å². The summed E-state index contributed by atoms with van der Waals surface area (Å²) in [6, 6.07) is 7.59. The number of hydrogen-bond donors (Lipinski definition) is 0. The Morgan fingerprint density at radius 1 is 1.16 bits per heavy atom. The summed E-state index contributed by atoms with van der Waals surface area (Å²) in [7, 11) is 0. The maximum absolute atomic E-state index is 12.9. The highest BCUT2D eigenvalue weighted by Gasteiger charge is 2.29. The largest absolute Gasteiger partial charge is 0.484 e. The Bertz CT molecular complexity index is 825. The smallest absolute Gasteiger partial charge is 0.253 e. The summed E-state index contributed by atoms with van der Waals surface area (Å²) in [5, 5.41) is 8.15. The number of benzene rings is 1. The van der Waals surface area contributed by atoms with Gasteiger partial charge in [-0.25, -0.2) is 14.4 Å². The van der Waals surface area contributed by atoms with Crippen molar-refractivity contribution < 1.29 is 13.5 Å². The molecule has 7 nitrogen and oxygen atoms in total. The van der Waals surface area contributed by atoms with Crippen molar-refractivity contribution in [1.29, 1.82) is 0 Å². The topological polar surface area (TPSA) is 77.2 Å². The second-order valence-electron chi connectivity index (χ2n) is 5.76. The quantitative estimate of drug-likeness (QED) is 0.706. The predicted octanol–water partition coefficient (Wildman–Crippen LogP) is 2.57. The van der Waals surface area contributed by atoms with Gasteiger partial charge in [-0.05, 0) is 36.8 Å². The molecule has 4 rings (SSSR count). The van der Waals surface area contributed by atoms with Gasteiger partial charge in [0.1, 0.15) is 11.6 Å². The molecule has 0 saturated carbocycles. The molecule has 1 aliphatic heterocycles. The lowest BCUT2D eigenvalue weighted by molar-refractivity contribution is 0.256. The van der Waals surface area contributed by atoms with Crippen molar-refractivity contribution in [1.82, 2.24) is 20.2 Å². The minimum Gasteiger partial charge on any atom is -0.484 e. The van der Waals surface area contributed by atoms with Crippen molar-refractivity contribution in [3.63, 3.8) is 0 Å². The van der Waals surface area contributed by atoms with E-state index in [1.165, 1.54) is 12.1 Å². The Morgan fingerprint density at radius 2 is 1.96 bits per heavy atom. The van der Waals surface area contributed by atoms with E-state index in [9.17, 15) is 4.39 Å². The van der Waals surface area contributed by atoms with Crippen LogP contribution in [0.1, 0.15) is 24.1 Å². The Balaban J connectivity index is 1.36. The van der Waals surface area contributed by atoms with E-state index in [4.69, 9.17) is 9.15 Å². The Morgan fingerprint density at radius 3 is 2.76 bits per heavy atom. The summed E-state index contributed by atoms with van der Waals surface area (Å²) in [6.07, 6.45) is 4.36. The van der Waals surface area contributed by atoms with Gasteiger partial charge >= 0.3 is 0 Å². The summed E-state index contributed by atoms with van der Waals surface area (Å²) in [6.45, 7) is 1.74. The van der Waals surface area contributed by atoms with Crippen LogP contribution in [0, 0.1) is 5.82 Å². The second kappa shape index (κ2) is 6.84. The first kappa shape index (κ1) is 15.5. The first-order chi connectivity index (χ1) is 12.3. The van der Waals surface area contributed by atoms with Crippen LogP contribution < -0.4 is 9.64 Å². The van der Waals surface area contributed by atoms with Crippen LogP contribution in [0.25, 0.3) is 0 Å². The van der Waals surface area contributed by atoms with Crippen LogP contribution in [0.15, 0.2) is 47.1 Å². The SMILES string of the molecule is Fc1ccc(OCc2nnc(C3CCN(c4ncccn4)C3)o2)cc1. The van der Waals surface area contributed by atoms with Crippen LogP contribution in [-0.4, -0.2) is 33.3 Å². The molecule has 25 heavy (non-hydrogen) atoms. The van der Waals surface area contributed by atoms with Gasteiger partial charge in [0.15, 0.2) is 6.61 Å². The molecule has 128 valence electrons. The fourth-order valence-corrected chi connectivity index (χ4v) is 2.76. The van der Waals surface area contributed by atoms with E-state index >= 15 is 0 Å². The summed E-state index contributed by atoms with van der Waals surface area (Å²) in [5.41, 5.74) is 0. The highest BCUT2D eigenvalue weighted by Crippen LogP contribution is 2.28. The summed E-state index contributed by atoms with van der Waals surface area (Å²) >= 11 is 0. The molecule has 1 fully saturated rings. The molecule has 1 aliphatic rings. The van der Waals surface area contributed by atoms with Crippen molar-refractivity contribution >= 4 is 5.95 Å². The highest BCUT2D eigenvalue weighted by atomic mass is 19.1. The van der Waals surface area contributed by atoms with Crippen molar-refractivity contribution in [3.8, 4) is 5.75 Å². The zero-order valence-electron chi connectivity index (χ0n) is 13.4. The maximum Gasteiger partial charge on any atom is 0.253 e.